The van der Waals surface area contributed by atoms with Crippen LogP contribution in [0.1, 0.15) is 29.2 Å². The molecule has 0 aliphatic carbocycles. The first-order chi connectivity index (χ1) is 12.1. The molecule has 0 N–H and O–H groups in total. The number of benzene rings is 2. The minimum absolute atomic E-state index is 0.143. The van der Waals surface area contributed by atoms with E-state index in [1.54, 1.807) is 13.4 Å². The molecule has 130 valence electrons. The van der Waals surface area contributed by atoms with E-state index >= 15 is 0 Å². The van der Waals surface area contributed by atoms with Crippen LogP contribution in [0, 0.1) is 6.92 Å². The van der Waals surface area contributed by atoms with Gasteiger partial charge in [-0.2, -0.15) is 0 Å². The summed E-state index contributed by atoms with van der Waals surface area (Å²) in [5.41, 5.74) is 5.01. The highest BCUT2D eigenvalue weighted by atomic mass is 16.6. The van der Waals surface area contributed by atoms with Crippen molar-refractivity contribution in [3.8, 4) is 5.75 Å². The van der Waals surface area contributed by atoms with E-state index in [9.17, 15) is 0 Å². The van der Waals surface area contributed by atoms with Crippen molar-refractivity contribution in [2.45, 2.75) is 19.4 Å². The molecule has 5 nitrogen and oxygen atoms in total. The Morgan fingerprint density at radius 1 is 1.24 bits per heavy atom. The molecule has 2 aromatic carbocycles. The Hall–Kier alpha value is -2.82. The fourth-order valence-corrected chi connectivity index (χ4v) is 2.79. The summed E-state index contributed by atoms with van der Waals surface area (Å²) in [6.07, 6.45) is 2.36. The molecule has 0 saturated heterocycles. The third-order valence-corrected chi connectivity index (χ3v) is 4.10. The second-order valence-corrected chi connectivity index (χ2v) is 6.29. The van der Waals surface area contributed by atoms with Crippen LogP contribution >= 0.6 is 0 Å². The monoisotopic (exact) mass is 337 g/mol. The van der Waals surface area contributed by atoms with Gasteiger partial charge in [-0.3, -0.25) is 0 Å². The third-order valence-electron chi connectivity index (χ3n) is 4.10. The average molecular weight is 337 g/mol. The van der Waals surface area contributed by atoms with Crippen LogP contribution in [-0.2, 0) is 4.84 Å². The fraction of sp³-hybridized carbons (Fsp3) is 0.300. The highest BCUT2D eigenvalue weighted by Gasteiger charge is 2.27. The summed E-state index contributed by atoms with van der Waals surface area (Å²) in [6, 6.07) is 14.1. The molecule has 1 heterocycles. The number of aliphatic imine (C=N–C) groups is 1. The maximum absolute atomic E-state index is 5.70. The van der Waals surface area contributed by atoms with E-state index < -0.39 is 0 Å². The highest BCUT2D eigenvalue weighted by molar-refractivity contribution is 6.01. The van der Waals surface area contributed by atoms with Crippen LogP contribution < -0.4 is 4.74 Å². The van der Waals surface area contributed by atoms with Crippen molar-refractivity contribution >= 4 is 17.7 Å². The van der Waals surface area contributed by atoms with Crippen molar-refractivity contribution in [1.82, 2.24) is 4.90 Å². The summed E-state index contributed by atoms with van der Waals surface area (Å²) >= 11 is 0. The quantitative estimate of drug-likeness (QED) is 0.610. The zero-order chi connectivity index (χ0) is 17.8. The number of nitrogens with zero attached hydrogens (tertiary/aromatic N) is 3. The van der Waals surface area contributed by atoms with Crippen molar-refractivity contribution in [3.05, 3.63) is 59.2 Å². The Labute approximate surface area is 148 Å². The first-order valence-electron chi connectivity index (χ1n) is 8.25. The van der Waals surface area contributed by atoms with E-state index in [1.165, 1.54) is 0 Å². The van der Waals surface area contributed by atoms with Gasteiger partial charge in [0.2, 0.25) is 0 Å². The topological polar surface area (TPSA) is 46.4 Å². The fourth-order valence-electron chi connectivity index (χ4n) is 2.79. The van der Waals surface area contributed by atoms with E-state index in [-0.39, 0.29) is 6.10 Å². The Balaban J connectivity index is 1.85. The van der Waals surface area contributed by atoms with Crippen LogP contribution in [0.25, 0.3) is 0 Å². The van der Waals surface area contributed by atoms with Gasteiger partial charge in [0.05, 0.1) is 24.8 Å². The number of hydrogen-bond donors (Lipinski definition) is 0. The van der Waals surface area contributed by atoms with Gasteiger partial charge in [-0.05, 0) is 24.1 Å². The van der Waals surface area contributed by atoms with Crippen molar-refractivity contribution in [2.24, 2.45) is 10.1 Å². The molecule has 3 rings (SSSR count). The molecule has 1 unspecified atom stereocenters. The van der Waals surface area contributed by atoms with Crippen molar-refractivity contribution in [2.75, 3.05) is 21.2 Å². The highest BCUT2D eigenvalue weighted by Crippen LogP contribution is 2.38. The number of aryl methyl sites for hydroxylation is 1. The Kier molecular flexibility index (Phi) is 5.03. The minimum Gasteiger partial charge on any atom is -0.496 e. The molecular formula is C20H23N3O2. The van der Waals surface area contributed by atoms with Gasteiger partial charge in [0.1, 0.15) is 5.75 Å². The third kappa shape index (κ3) is 3.82. The lowest BCUT2D eigenvalue weighted by molar-refractivity contribution is 0.0836. The number of ether oxygens (including phenoxy) is 1. The Bertz CT molecular complexity index is 798. The zero-order valence-electron chi connectivity index (χ0n) is 15.1. The largest absolute Gasteiger partial charge is 0.496 e. The van der Waals surface area contributed by atoms with Gasteiger partial charge in [0.15, 0.2) is 6.10 Å². The van der Waals surface area contributed by atoms with Gasteiger partial charge in [-0.1, -0.05) is 35.5 Å². The molecule has 2 aromatic rings. The van der Waals surface area contributed by atoms with Gasteiger partial charge in [-0.25, -0.2) is 4.99 Å². The molecule has 0 fully saturated rings. The first-order valence-corrected chi connectivity index (χ1v) is 8.25. The van der Waals surface area contributed by atoms with E-state index in [1.807, 2.05) is 62.3 Å². The van der Waals surface area contributed by atoms with E-state index in [0.29, 0.717) is 0 Å². The molecule has 0 radical (unpaired) electrons. The summed E-state index contributed by atoms with van der Waals surface area (Å²) in [5, 5.41) is 4.28. The SMILES string of the molecule is COc1cc(/N=C\N(C)C)c(C)cc1C1CC(c2ccccc2)=NO1. The molecule has 0 bridgehead atoms. The van der Waals surface area contributed by atoms with Crippen molar-refractivity contribution in [1.29, 1.82) is 0 Å². The van der Waals surface area contributed by atoms with Crippen LogP contribution in [0.4, 0.5) is 5.69 Å². The number of rotatable bonds is 5. The molecule has 0 saturated carbocycles. The summed E-state index contributed by atoms with van der Waals surface area (Å²) in [7, 11) is 5.56. The smallest absolute Gasteiger partial charge is 0.161 e. The van der Waals surface area contributed by atoms with E-state index in [2.05, 4.69) is 16.2 Å². The number of hydrogen-bond acceptors (Lipinski definition) is 4. The summed E-state index contributed by atoms with van der Waals surface area (Å²) in [5.74, 6) is 0.769. The Morgan fingerprint density at radius 3 is 2.68 bits per heavy atom. The van der Waals surface area contributed by atoms with Gasteiger partial charge < -0.3 is 14.5 Å². The molecule has 0 spiro atoms. The van der Waals surface area contributed by atoms with Crippen molar-refractivity contribution in [3.63, 3.8) is 0 Å². The van der Waals surface area contributed by atoms with Gasteiger partial charge in [-0.15, -0.1) is 0 Å². The normalized spacial score (nSPS) is 16.6. The number of oxime groups is 1. The lowest BCUT2D eigenvalue weighted by atomic mass is 9.97. The van der Waals surface area contributed by atoms with Crippen LogP contribution in [-0.4, -0.2) is 38.2 Å². The zero-order valence-corrected chi connectivity index (χ0v) is 15.1. The molecular weight excluding hydrogens is 314 g/mol. The van der Waals surface area contributed by atoms with E-state index in [4.69, 9.17) is 9.57 Å². The predicted octanol–water partition coefficient (Wildman–Crippen LogP) is 4.09. The second kappa shape index (κ2) is 7.38. The predicted molar refractivity (Wildman–Crippen MR) is 101 cm³/mol. The molecule has 5 heteroatoms. The van der Waals surface area contributed by atoms with Crippen LogP contribution in [0.2, 0.25) is 0 Å². The Morgan fingerprint density at radius 2 is 2.00 bits per heavy atom. The first kappa shape index (κ1) is 17.0. The standard InChI is InChI=1S/C20H23N3O2/c1-14-10-16(19(24-4)11-17(14)21-13-23(2)3)20-12-18(22-25-20)15-8-6-5-7-9-15/h5-11,13,20H,12H2,1-4H3/b21-13-. The lowest BCUT2D eigenvalue weighted by Gasteiger charge is -2.16. The maximum Gasteiger partial charge on any atom is 0.161 e. The van der Waals surface area contributed by atoms with Crippen molar-refractivity contribution < 1.29 is 9.57 Å². The van der Waals surface area contributed by atoms with E-state index in [0.717, 1.165) is 40.3 Å². The summed E-state index contributed by atoms with van der Waals surface area (Å²) in [4.78, 5) is 12.1. The molecule has 1 atom stereocenters. The van der Waals surface area contributed by atoms with Gasteiger partial charge in [0, 0.05) is 32.1 Å². The van der Waals surface area contributed by atoms with Gasteiger partial charge in [0.25, 0.3) is 0 Å². The minimum atomic E-state index is -0.143. The summed E-state index contributed by atoms with van der Waals surface area (Å²) in [6.45, 7) is 2.04. The van der Waals surface area contributed by atoms with Crippen LogP contribution in [0.3, 0.4) is 0 Å². The second-order valence-electron chi connectivity index (χ2n) is 6.29. The molecule has 0 aromatic heterocycles. The van der Waals surface area contributed by atoms with Crippen LogP contribution in [0.5, 0.6) is 5.75 Å². The molecule has 1 aliphatic rings. The molecule has 25 heavy (non-hydrogen) atoms. The molecule has 1 aliphatic heterocycles. The average Bonchev–Trinajstić information content (AvgIpc) is 3.11. The summed E-state index contributed by atoms with van der Waals surface area (Å²) < 4.78 is 5.58. The number of methoxy groups -OCH3 is 1. The van der Waals surface area contributed by atoms with Crippen LogP contribution in [0.15, 0.2) is 52.6 Å². The van der Waals surface area contributed by atoms with Gasteiger partial charge >= 0.3 is 0 Å². The lowest BCUT2D eigenvalue weighted by Crippen LogP contribution is -2.07. The maximum atomic E-state index is 5.70. The molecule has 0 amide bonds.